The molecule has 0 aliphatic heterocycles. The summed E-state index contributed by atoms with van der Waals surface area (Å²) in [5.41, 5.74) is -0.304. The molecule has 0 bridgehead atoms. The van der Waals surface area contributed by atoms with Gasteiger partial charge in [0, 0.05) is 12.5 Å². The van der Waals surface area contributed by atoms with E-state index in [-0.39, 0.29) is 5.78 Å². The number of nitriles is 1. The van der Waals surface area contributed by atoms with Crippen molar-refractivity contribution in [3.05, 3.63) is 35.4 Å². The average Bonchev–Trinajstić information content (AvgIpc) is 2.26. The van der Waals surface area contributed by atoms with Crippen molar-refractivity contribution in [2.24, 2.45) is 0 Å². The summed E-state index contributed by atoms with van der Waals surface area (Å²) in [7, 11) is 0. The minimum absolute atomic E-state index is 0.294. The molecular weight excluding hydrogens is 218 g/mol. The van der Waals surface area contributed by atoms with Gasteiger partial charge in [-0.25, -0.2) is 0 Å². The Bertz CT molecular complexity index is 480. The molecule has 0 unspecified atom stereocenters. The number of carbonyl (C=O) groups is 2. The highest BCUT2D eigenvalue weighted by Gasteiger charge is 2.31. The van der Waals surface area contributed by atoms with Crippen molar-refractivity contribution < 1.29 is 14.3 Å². The molecule has 0 atom stereocenters. The molecule has 88 valence electrons. The van der Waals surface area contributed by atoms with Crippen LogP contribution in [-0.4, -0.2) is 17.4 Å². The van der Waals surface area contributed by atoms with Gasteiger partial charge in [-0.2, -0.15) is 5.26 Å². The number of ketones is 1. The average molecular weight is 231 g/mol. The molecule has 0 aliphatic rings. The van der Waals surface area contributed by atoms with E-state index in [9.17, 15) is 9.59 Å². The van der Waals surface area contributed by atoms with E-state index in [0.717, 1.165) is 0 Å². The first-order valence-electron chi connectivity index (χ1n) is 5.11. The summed E-state index contributed by atoms with van der Waals surface area (Å²) in [6, 6.07) is 8.17. The molecule has 17 heavy (non-hydrogen) atoms. The predicted molar refractivity (Wildman–Crippen MR) is 61.3 cm³/mol. The summed E-state index contributed by atoms with van der Waals surface area (Å²) in [5.74, 6) is -0.797. The van der Waals surface area contributed by atoms with Crippen LogP contribution >= 0.6 is 0 Å². The molecule has 0 amide bonds. The summed E-state index contributed by atoms with van der Waals surface area (Å²) >= 11 is 0. The molecule has 1 aromatic rings. The lowest BCUT2D eigenvalue weighted by Crippen LogP contribution is -2.36. The first-order chi connectivity index (χ1) is 7.86. The van der Waals surface area contributed by atoms with E-state index < -0.39 is 11.6 Å². The standard InChI is InChI=1S/C13H13NO3/c1-9(15)17-13(2,3)12(16)11-6-4-10(8-14)5-7-11/h4-7H,1-3H3. The molecule has 0 N–H and O–H groups in total. The molecule has 4 nitrogen and oxygen atoms in total. The molecule has 0 radical (unpaired) electrons. The Balaban J connectivity index is 2.96. The Hall–Kier alpha value is -2.15. The molecule has 0 aromatic heterocycles. The zero-order valence-electron chi connectivity index (χ0n) is 9.98. The number of rotatable bonds is 3. The Kier molecular flexibility index (Phi) is 3.64. The fourth-order valence-corrected chi connectivity index (χ4v) is 1.45. The fourth-order valence-electron chi connectivity index (χ4n) is 1.45. The van der Waals surface area contributed by atoms with Gasteiger partial charge in [-0.15, -0.1) is 0 Å². The summed E-state index contributed by atoms with van der Waals surface area (Å²) in [6.45, 7) is 4.33. The number of Topliss-reactive ketones (excluding diaryl/α,β-unsaturated/α-hetero) is 1. The maximum absolute atomic E-state index is 12.0. The van der Waals surface area contributed by atoms with E-state index in [0.29, 0.717) is 11.1 Å². The third kappa shape index (κ3) is 3.15. The highest BCUT2D eigenvalue weighted by molar-refractivity contribution is 6.02. The Labute approximate surface area is 99.8 Å². The van der Waals surface area contributed by atoms with Gasteiger partial charge in [0.2, 0.25) is 5.78 Å². The second kappa shape index (κ2) is 4.79. The Morgan fingerprint density at radius 3 is 2.18 bits per heavy atom. The van der Waals surface area contributed by atoms with Gasteiger partial charge in [-0.1, -0.05) is 0 Å². The van der Waals surface area contributed by atoms with Gasteiger partial charge in [0.15, 0.2) is 5.60 Å². The molecule has 1 rings (SSSR count). The van der Waals surface area contributed by atoms with Crippen LogP contribution in [0.15, 0.2) is 24.3 Å². The van der Waals surface area contributed by atoms with Crippen molar-refractivity contribution in [3.63, 3.8) is 0 Å². The SMILES string of the molecule is CC(=O)OC(C)(C)C(=O)c1ccc(C#N)cc1. The van der Waals surface area contributed by atoms with E-state index in [4.69, 9.17) is 10.00 Å². The number of ether oxygens (including phenoxy) is 1. The van der Waals surface area contributed by atoms with Gasteiger partial charge in [0.25, 0.3) is 0 Å². The van der Waals surface area contributed by atoms with Crippen molar-refractivity contribution in [1.29, 1.82) is 5.26 Å². The normalized spacial score (nSPS) is 10.5. The van der Waals surface area contributed by atoms with Crippen LogP contribution in [0, 0.1) is 11.3 Å². The number of hydrogen-bond donors (Lipinski definition) is 0. The largest absolute Gasteiger partial charge is 0.451 e. The lowest BCUT2D eigenvalue weighted by Gasteiger charge is -2.22. The number of hydrogen-bond acceptors (Lipinski definition) is 4. The van der Waals surface area contributed by atoms with Gasteiger partial charge in [0.1, 0.15) is 0 Å². The van der Waals surface area contributed by atoms with Crippen LogP contribution in [-0.2, 0) is 9.53 Å². The van der Waals surface area contributed by atoms with Crippen LogP contribution in [0.2, 0.25) is 0 Å². The first kappa shape index (κ1) is 12.9. The lowest BCUT2D eigenvalue weighted by atomic mass is 9.96. The van der Waals surface area contributed by atoms with Gasteiger partial charge >= 0.3 is 5.97 Å². The van der Waals surface area contributed by atoms with Crippen LogP contribution in [0.25, 0.3) is 0 Å². The maximum atomic E-state index is 12.0. The topological polar surface area (TPSA) is 67.2 Å². The lowest BCUT2D eigenvalue weighted by molar-refractivity contribution is -0.149. The van der Waals surface area contributed by atoms with Gasteiger partial charge in [0.05, 0.1) is 11.6 Å². The van der Waals surface area contributed by atoms with Gasteiger partial charge < -0.3 is 4.74 Å². The zero-order valence-corrected chi connectivity index (χ0v) is 9.98. The van der Waals surface area contributed by atoms with Crippen molar-refractivity contribution in [2.75, 3.05) is 0 Å². The number of esters is 1. The van der Waals surface area contributed by atoms with Crippen LogP contribution < -0.4 is 0 Å². The fraction of sp³-hybridized carbons (Fsp3) is 0.308. The van der Waals surface area contributed by atoms with Gasteiger partial charge in [-0.05, 0) is 38.1 Å². The predicted octanol–water partition coefficient (Wildman–Crippen LogP) is 2.08. The quantitative estimate of drug-likeness (QED) is 0.590. The van der Waals surface area contributed by atoms with Crippen molar-refractivity contribution in [2.45, 2.75) is 26.4 Å². The van der Waals surface area contributed by atoms with Crippen LogP contribution in [0.5, 0.6) is 0 Å². The minimum Gasteiger partial charge on any atom is -0.451 e. The summed E-state index contributed by atoms with van der Waals surface area (Å²) in [4.78, 5) is 22.9. The monoisotopic (exact) mass is 231 g/mol. The number of carbonyl (C=O) groups excluding carboxylic acids is 2. The Morgan fingerprint density at radius 1 is 1.24 bits per heavy atom. The molecular formula is C13H13NO3. The summed E-state index contributed by atoms with van der Waals surface area (Å²) < 4.78 is 4.96. The van der Waals surface area contributed by atoms with E-state index in [1.807, 2.05) is 6.07 Å². The third-order valence-electron chi connectivity index (χ3n) is 2.22. The van der Waals surface area contributed by atoms with Crippen LogP contribution in [0.1, 0.15) is 36.7 Å². The van der Waals surface area contributed by atoms with Crippen LogP contribution in [0.3, 0.4) is 0 Å². The summed E-state index contributed by atoms with van der Waals surface area (Å²) in [6.07, 6.45) is 0. The molecule has 0 heterocycles. The van der Waals surface area contributed by atoms with Crippen molar-refractivity contribution in [3.8, 4) is 6.07 Å². The first-order valence-corrected chi connectivity index (χ1v) is 5.11. The Morgan fingerprint density at radius 2 is 1.76 bits per heavy atom. The maximum Gasteiger partial charge on any atom is 0.303 e. The van der Waals surface area contributed by atoms with E-state index in [2.05, 4.69) is 0 Å². The van der Waals surface area contributed by atoms with Crippen molar-refractivity contribution in [1.82, 2.24) is 0 Å². The molecule has 1 aromatic carbocycles. The second-order valence-corrected chi connectivity index (χ2v) is 4.12. The second-order valence-electron chi connectivity index (χ2n) is 4.12. The molecule has 0 spiro atoms. The third-order valence-corrected chi connectivity index (χ3v) is 2.22. The number of nitrogens with zero attached hydrogens (tertiary/aromatic N) is 1. The molecule has 0 saturated carbocycles. The molecule has 0 fully saturated rings. The van der Waals surface area contributed by atoms with E-state index >= 15 is 0 Å². The number of benzene rings is 1. The molecule has 0 saturated heterocycles. The van der Waals surface area contributed by atoms with Crippen LogP contribution in [0.4, 0.5) is 0 Å². The zero-order chi connectivity index (χ0) is 13.1. The molecule has 4 heteroatoms. The highest BCUT2D eigenvalue weighted by atomic mass is 16.6. The smallest absolute Gasteiger partial charge is 0.303 e. The molecule has 0 aliphatic carbocycles. The van der Waals surface area contributed by atoms with E-state index in [1.165, 1.54) is 20.8 Å². The summed E-state index contributed by atoms with van der Waals surface area (Å²) in [5, 5.41) is 8.64. The highest BCUT2D eigenvalue weighted by Crippen LogP contribution is 2.17. The van der Waals surface area contributed by atoms with E-state index in [1.54, 1.807) is 24.3 Å². The minimum atomic E-state index is -1.19. The van der Waals surface area contributed by atoms with Gasteiger partial charge in [-0.3, -0.25) is 9.59 Å². The van der Waals surface area contributed by atoms with Crippen molar-refractivity contribution >= 4 is 11.8 Å².